The molecule has 1 N–H and O–H groups in total. The molecular weight excluding hydrogens is 228 g/mol. The second-order valence-corrected chi connectivity index (χ2v) is 5.18. The van der Waals surface area contributed by atoms with Crippen molar-refractivity contribution >= 4 is 11.6 Å². The van der Waals surface area contributed by atoms with Crippen LogP contribution in [0, 0.1) is 13.8 Å². The molecule has 2 aliphatic heterocycles. The van der Waals surface area contributed by atoms with E-state index in [1.807, 2.05) is 14.0 Å². The molecule has 0 spiro atoms. The van der Waals surface area contributed by atoms with Gasteiger partial charge in [0.25, 0.3) is 0 Å². The maximum Gasteiger partial charge on any atom is 0.137 e. The highest BCUT2D eigenvalue weighted by Crippen LogP contribution is 2.31. The average molecular weight is 248 g/mol. The van der Waals surface area contributed by atoms with Crippen LogP contribution < -0.4 is 10.2 Å². The van der Waals surface area contributed by atoms with E-state index in [0.717, 1.165) is 36.1 Å². The SMILES string of the molecule is CNc1nc(C)nc(N2CC3CCC(C2)O3)c1C. The highest BCUT2D eigenvalue weighted by molar-refractivity contribution is 5.58. The van der Waals surface area contributed by atoms with Crippen LogP contribution in [0.15, 0.2) is 0 Å². The van der Waals surface area contributed by atoms with E-state index in [-0.39, 0.29) is 0 Å². The van der Waals surface area contributed by atoms with Crippen molar-refractivity contribution in [3.8, 4) is 0 Å². The minimum atomic E-state index is 0.386. The van der Waals surface area contributed by atoms with E-state index >= 15 is 0 Å². The van der Waals surface area contributed by atoms with Gasteiger partial charge in [0.2, 0.25) is 0 Å². The number of aromatic nitrogens is 2. The van der Waals surface area contributed by atoms with Crippen LogP contribution in [0.2, 0.25) is 0 Å². The summed E-state index contributed by atoms with van der Waals surface area (Å²) in [5.74, 6) is 2.81. The van der Waals surface area contributed by atoms with Gasteiger partial charge in [-0.1, -0.05) is 0 Å². The molecular formula is C13H20N4O. The Morgan fingerprint density at radius 3 is 2.44 bits per heavy atom. The molecule has 0 amide bonds. The van der Waals surface area contributed by atoms with Gasteiger partial charge in [0.15, 0.2) is 0 Å². The fourth-order valence-corrected chi connectivity index (χ4v) is 2.95. The number of aryl methyl sites for hydroxylation is 1. The van der Waals surface area contributed by atoms with E-state index in [2.05, 4.69) is 27.1 Å². The Morgan fingerprint density at radius 2 is 1.83 bits per heavy atom. The standard InChI is InChI=1S/C13H20N4O/c1-8-12(14-3)15-9(2)16-13(8)17-6-10-4-5-11(7-17)18-10/h10-11H,4-7H2,1-3H3,(H,14,15,16). The minimum Gasteiger partial charge on any atom is -0.373 e. The van der Waals surface area contributed by atoms with Crippen molar-refractivity contribution in [3.05, 3.63) is 11.4 Å². The molecule has 18 heavy (non-hydrogen) atoms. The van der Waals surface area contributed by atoms with E-state index < -0.39 is 0 Å². The predicted molar refractivity (Wildman–Crippen MR) is 71.2 cm³/mol. The molecule has 98 valence electrons. The van der Waals surface area contributed by atoms with Crippen LogP contribution in [0.3, 0.4) is 0 Å². The Morgan fingerprint density at radius 1 is 1.17 bits per heavy atom. The van der Waals surface area contributed by atoms with Gasteiger partial charge >= 0.3 is 0 Å². The van der Waals surface area contributed by atoms with Gasteiger partial charge in [-0.3, -0.25) is 0 Å². The third kappa shape index (κ3) is 1.92. The first-order valence-corrected chi connectivity index (χ1v) is 6.60. The molecule has 2 saturated heterocycles. The summed E-state index contributed by atoms with van der Waals surface area (Å²) < 4.78 is 5.87. The van der Waals surface area contributed by atoms with Crippen LogP contribution in [0.4, 0.5) is 11.6 Å². The monoisotopic (exact) mass is 248 g/mol. The van der Waals surface area contributed by atoms with Crippen molar-refractivity contribution in [3.63, 3.8) is 0 Å². The maximum atomic E-state index is 5.87. The third-order valence-electron chi connectivity index (χ3n) is 3.81. The Balaban J connectivity index is 1.94. The number of rotatable bonds is 2. The number of fused-ring (bicyclic) bond motifs is 2. The molecule has 3 heterocycles. The summed E-state index contributed by atoms with van der Waals surface area (Å²) in [5, 5.41) is 3.14. The fourth-order valence-electron chi connectivity index (χ4n) is 2.95. The molecule has 2 fully saturated rings. The second kappa shape index (κ2) is 4.39. The zero-order chi connectivity index (χ0) is 12.7. The van der Waals surface area contributed by atoms with Crippen LogP contribution in [0.5, 0.6) is 0 Å². The van der Waals surface area contributed by atoms with Crippen LogP contribution in [0.25, 0.3) is 0 Å². The lowest BCUT2D eigenvalue weighted by Gasteiger charge is -2.34. The number of ether oxygens (including phenoxy) is 1. The molecule has 2 aliphatic rings. The second-order valence-electron chi connectivity index (χ2n) is 5.18. The van der Waals surface area contributed by atoms with Gasteiger partial charge in [-0.2, -0.15) is 0 Å². The lowest BCUT2D eigenvalue weighted by atomic mass is 10.2. The lowest BCUT2D eigenvalue weighted by molar-refractivity contribution is 0.0302. The molecule has 5 nitrogen and oxygen atoms in total. The minimum absolute atomic E-state index is 0.386. The Labute approximate surface area is 108 Å². The van der Waals surface area contributed by atoms with Crippen molar-refractivity contribution in [1.29, 1.82) is 0 Å². The van der Waals surface area contributed by atoms with Gasteiger partial charge in [-0.25, -0.2) is 9.97 Å². The zero-order valence-corrected chi connectivity index (χ0v) is 11.2. The highest BCUT2D eigenvalue weighted by atomic mass is 16.5. The molecule has 1 aromatic heterocycles. The number of nitrogens with one attached hydrogen (secondary N) is 1. The number of anilines is 2. The van der Waals surface area contributed by atoms with E-state index in [1.54, 1.807) is 0 Å². The van der Waals surface area contributed by atoms with Crippen molar-refractivity contribution < 1.29 is 4.74 Å². The number of morpholine rings is 1. The first kappa shape index (κ1) is 11.7. The summed E-state index contributed by atoms with van der Waals surface area (Å²) in [7, 11) is 1.90. The topological polar surface area (TPSA) is 50.3 Å². The molecule has 0 aromatic carbocycles. The summed E-state index contributed by atoms with van der Waals surface area (Å²) in [6.07, 6.45) is 3.14. The molecule has 2 atom stereocenters. The maximum absolute atomic E-state index is 5.87. The number of hydrogen-bond donors (Lipinski definition) is 1. The Kier molecular flexibility index (Phi) is 2.86. The first-order valence-electron chi connectivity index (χ1n) is 6.60. The highest BCUT2D eigenvalue weighted by Gasteiger charge is 2.35. The number of nitrogens with zero attached hydrogens (tertiary/aromatic N) is 3. The first-order chi connectivity index (χ1) is 8.67. The Hall–Kier alpha value is -1.36. The predicted octanol–water partition coefficient (Wildman–Crippen LogP) is 1.50. The van der Waals surface area contributed by atoms with Gasteiger partial charge in [0.1, 0.15) is 17.5 Å². The smallest absolute Gasteiger partial charge is 0.137 e. The molecule has 5 heteroatoms. The molecule has 2 unspecified atom stereocenters. The van der Waals surface area contributed by atoms with Crippen LogP contribution in [-0.4, -0.2) is 42.3 Å². The Bertz CT molecular complexity index is 451. The van der Waals surface area contributed by atoms with Crippen LogP contribution in [0.1, 0.15) is 24.2 Å². The van der Waals surface area contributed by atoms with Crippen molar-refractivity contribution in [2.75, 3.05) is 30.4 Å². The van der Waals surface area contributed by atoms with Gasteiger partial charge in [-0.15, -0.1) is 0 Å². The van der Waals surface area contributed by atoms with Gasteiger partial charge in [0, 0.05) is 25.7 Å². The largest absolute Gasteiger partial charge is 0.373 e. The summed E-state index contributed by atoms with van der Waals surface area (Å²) in [6, 6.07) is 0. The van der Waals surface area contributed by atoms with Crippen LogP contribution >= 0.6 is 0 Å². The van der Waals surface area contributed by atoms with E-state index in [4.69, 9.17) is 4.74 Å². The summed E-state index contributed by atoms with van der Waals surface area (Å²) in [4.78, 5) is 11.4. The van der Waals surface area contributed by atoms with E-state index in [9.17, 15) is 0 Å². The number of hydrogen-bond acceptors (Lipinski definition) is 5. The van der Waals surface area contributed by atoms with Gasteiger partial charge in [0.05, 0.1) is 12.2 Å². The zero-order valence-electron chi connectivity index (χ0n) is 11.2. The molecule has 1 aromatic rings. The molecule has 0 radical (unpaired) electrons. The molecule has 0 saturated carbocycles. The molecule has 0 aliphatic carbocycles. The summed E-state index contributed by atoms with van der Waals surface area (Å²) in [6.45, 7) is 5.94. The average Bonchev–Trinajstić information content (AvgIpc) is 2.70. The van der Waals surface area contributed by atoms with Crippen molar-refractivity contribution in [2.24, 2.45) is 0 Å². The lowest BCUT2D eigenvalue weighted by Crippen LogP contribution is -2.43. The van der Waals surface area contributed by atoms with Crippen molar-refractivity contribution in [1.82, 2.24) is 9.97 Å². The molecule has 3 rings (SSSR count). The van der Waals surface area contributed by atoms with Crippen LogP contribution in [-0.2, 0) is 4.74 Å². The van der Waals surface area contributed by atoms with Gasteiger partial charge < -0.3 is 15.0 Å². The summed E-state index contributed by atoms with van der Waals surface area (Å²) >= 11 is 0. The van der Waals surface area contributed by atoms with E-state index in [0.29, 0.717) is 12.2 Å². The van der Waals surface area contributed by atoms with Gasteiger partial charge in [-0.05, 0) is 26.7 Å². The summed E-state index contributed by atoms with van der Waals surface area (Å²) in [5.41, 5.74) is 1.13. The fraction of sp³-hybridized carbons (Fsp3) is 0.692. The quantitative estimate of drug-likeness (QED) is 0.859. The third-order valence-corrected chi connectivity index (χ3v) is 3.81. The van der Waals surface area contributed by atoms with E-state index in [1.165, 1.54) is 12.8 Å². The normalized spacial score (nSPS) is 26.5. The molecule has 2 bridgehead atoms. The van der Waals surface area contributed by atoms with Crippen molar-refractivity contribution in [2.45, 2.75) is 38.9 Å².